The molecule has 0 radical (unpaired) electrons. The molecule has 0 saturated carbocycles. The number of carbonyl (C=O) groups is 1. The average Bonchev–Trinajstić information content (AvgIpc) is 2.85. The highest BCUT2D eigenvalue weighted by Gasteiger charge is 2.20. The molecule has 0 aliphatic rings. The highest BCUT2D eigenvalue weighted by atomic mass is 16.5. The standard InChI is InChI=1S/C27H25NO5/c1-17-9-11-18(12-10-17)26(29)21-16-28(15-19-7-5-6-8-23(19)31-2)22-14-25(33-4)24(32-3)13-20(22)27(21)30/h5-14,16H,15H2,1-4H3. The van der Waals surface area contributed by atoms with Crippen LogP contribution >= 0.6 is 0 Å². The number of rotatable bonds is 7. The Labute approximate surface area is 192 Å². The van der Waals surface area contributed by atoms with Gasteiger partial charge in [-0.15, -0.1) is 0 Å². The van der Waals surface area contributed by atoms with Crippen molar-refractivity contribution >= 4 is 16.7 Å². The van der Waals surface area contributed by atoms with Crippen LogP contribution in [0.3, 0.4) is 0 Å². The van der Waals surface area contributed by atoms with Crippen molar-refractivity contribution < 1.29 is 19.0 Å². The molecule has 0 bridgehead atoms. The second-order valence-electron chi connectivity index (χ2n) is 7.73. The summed E-state index contributed by atoms with van der Waals surface area (Å²) >= 11 is 0. The number of fused-ring (bicyclic) bond motifs is 1. The summed E-state index contributed by atoms with van der Waals surface area (Å²) in [6.45, 7) is 2.34. The Balaban J connectivity index is 1.97. The largest absolute Gasteiger partial charge is 0.496 e. The molecule has 6 heteroatoms. The lowest BCUT2D eigenvalue weighted by Crippen LogP contribution is -2.20. The van der Waals surface area contributed by atoms with Crippen LogP contribution in [0.4, 0.5) is 0 Å². The van der Waals surface area contributed by atoms with E-state index in [4.69, 9.17) is 14.2 Å². The van der Waals surface area contributed by atoms with E-state index in [1.165, 1.54) is 7.11 Å². The van der Waals surface area contributed by atoms with Crippen LogP contribution in [-0.2, 0) is 6.54 Å². The monoisotopic (exact) mass is 443 g/mol. The molecule has 0 aliphatic carbocycles. The first-order valence-electron chi connectivity index (χ1n) is 10.5. The Kier molecular flexibility index (Phi) is 6.18. The molecular formula is C27H25NO5. The fourth-order valence-corrected chi connectivity index (χ4v) is 3.89. The summed E-state index contributed by atoms with van der Waals surface area (Å²) in [5.74, 6) is 1.31. The van der Waals surface area contributed by atoms with Gasteiger partial charge in [-0.3, -0.25) is 9.59 Å². The lowest BCUT2D eigenvalue weighted by atomic mass is 10.0. The van der Waals surface area contributed by atoms with Crippen molar-refractivity contribution in [3.8, 4) is 17.2 Å². The van der Waals surface area contributed by atoms with Gasteiger partial charge in [0.15, 0.2) is 17.3 Å². The van der Waals surface area contributed by atoms with Crippen molar-refractivity contribution in [1.82, 2.24) is 4.57 Å². The lowest BCUT2D eigenvalue weighted by molar-refractivity contribution is 0.103. The van der Waals surface area contributed by atoms with Gasteiger partial charge in [0.2, 0.25) is 5.43 Å². The molecule has 33 heavy (non-hydrogen) atoms. The Morgan fingerprint density at radius 3 is 2.15 bits per heavy atom. The van der Waals surface area contributed by atoms with E-state index in [1.54, 1.807) is 44.7 Å². The van der Waals surface area contributed by atoms with E-state index in [9.17, 15) is 9.59 Å². The summed E-state index contributed by atoms with van der Waals surface area (Å²) in [6.07, 6.45) is 1.62. The van der Waals surface area contributed by atoms with Crippen molar-refractivity contribution in [2.45, 2.75) is 13.5 Å². The number of aromatic nitrogens is 1. The van der Waals surface area contributed by atoms with Crippen molar-refractivity contribution in [2.24, 2.45) is 0 Å². The molecule has 0 aliphatic heterocycles. The maximum Gasteiger partial charge on any atom is 0.200 e. The normalized spacial score (nSPS) is 10.8. The molecule has 0 N–H and O–H groups in total. The van der Waals surface area contributed by atoms with Crippen LogP contribution in [0, 0.1) is 6.92 Å². The van der Waals surface area contributed by atoms with Crippen molar-refractivity contribution in [1.29, 1.82) is 0 Å². The number of nitrogens with zero attached hydrogens (tertiary/aromatic N) is 1. The van der Waals surface area contributed by atoms with Gasteiger partial charge in [-0.1, -0.05) is 48.0 Å². The Hall–Kier alpha value is -4.06. The number of benzene rings is 3. The zero-order valence-electron chi connectivity index (χ0n) is 19.0. The molecule has 1 heterocycles. The number of hydrogen-bond donors (Lipinski definition) is 0. The number of aryl methyl sites for hydroxylation is 1. The third-order valence-electron chi connectivity index (χ3n) is 5.68. The third-order valence-corrected chi connectivity index (χ3v) is 5.68. The Morgan fingerprint density at radius 2 is 1.48 bits per heavy atom. The van der Waals surface area contributed by atoms with Crippen molar-refractivity contribution in [2.75, 3.05) is 21.3 Å². The number of ether oxygens (including phenoxy) is 3. The van der Waals surface area contributed by atoms with E-state index in [-0.39, 0.29) is 16.8 Å². The molecule has 0 unspecified atom stereocenters. The Morgan fingerprint density at radius 1 is 0.848 bits per heavy atom. The van der Waals surface area contributed by atoms with E-state index in [1.807, 2.05) is 47.9 Å². The van der Waals surface area contributed by atoms with Gasteiger partial charge >= 0.3 is 0 Å². The number of hydrogen-bond acceptors (Lipinski definition) is 5. The lowest BCUT2D eigenvalue weighted by Gasteiger charge is -2.17. The fraction of sp³-hybridized carbons (Fsp3) is 0.185. The summed E-state index contributed by atoms with van der Waals surface area (Å²) in [7, 11) is 4.67. The van der Waals surface area contributed by atoms with Gasteiger partial charge in [0.25, 0.3) is 0 Å². The minimum absolute atomic E-state index is 0.0912. The third kappa shape index (κ3) is 4.20. The number of pyridine rings is 1. The van der Waals surface area contributed by atoms with Crippen molar-refractivity contribution in [3.63, 3.8) is 0 Å². The fourth-order valence-electron chi connectivity index (χ4n) is 3.89. The molecule has 6 nitrogen and oxygen atoms in total. The SMILES string of the molecule is COc1ccccc1Cn1cc(C(=O)c2ccc(C)cc2)c(=O)c2cc(OC)c(OC)cc21. The van der Waals surface area contributed by atoms with Gasteiger partial charge in [0, 0.05) is 23.4 Å². The van der Waals surface area contributed by atoms with Crippen LogP contribution in [0.1, 0.15) is 27.0 Å². The molecule has 0 atom stereocenters. The summed E-state index contributed by atoms with van der Waals surface area (Å²) in [5, 5.41) is 0.375. The second kappa shape index (κ2) is 9.20. The highest BCUT2D eigenvalue weighted by Crippen LogP contribution is 2.32. The van der Waals surface area contributed by atoms with Gasteiger partial charge in [-0.25, -0.2) is 0 Å². The first kappa shape index (κ1) is 22.1. The van der Waals surface area contributed by atoms with Gasteiger partial charge in [0.1, 0.15) is 5.75 Å². The quantitative estimate of drug-likeness (QED) is 0.390. The van der Waals surface area contributed by atoms with Crippen LogP contribution < -0.4 is 19.6 Å². The van der Waals surface area contributed by atoms with Gasteiger partial charge in [-0.2, -0.15) is 0 Å². The summed E-state index contributed by atoms with van der Waals surface area (Å²) in [5.41, 5.74) is 2.77. The predicted molar refractivity (Wildman–Crippen MR) is 128 cm³/mol. The molecular weight excluding hydrogens is 418 g/mol. The maximum absolute atomic E-state index is 13.5. The second-order valence-corrected chi connectivity index (χ2v) is 7.73. The molecule has 168 valence electrons. The van der Waals surface area contributed by atoms with Gasteiger partial charge < -0.3 is 18.8 Å². The predicted octanol–water partition coefficient (Wildman–Crippen LogP) is 4.62. The van der Waals surface area contributed by atoms with Gasteiger partial charge in [0.05, 0.1) is 44.3 Å². The number of carbonyl (C=O) groups excluding carboxylic acids is 1. The van der Waals surface area contributed by atoms with Crippen LogP contribution in [0.25, 0.3) is 10.9 Å². The highest BCUT2D eigenvalue weighted by molar-refractivity contribution is 6.10. The van der Waals surface area contributed by atoms with Crippen molar-refractivity contribution in [3.05, 3.63) is 99.3 Å². The first-order chi connectivity index (χ1) is 16.0. The zero-order valence-corrected chi connectivity index (χ0v) is 19.0. The smallest absolute Gasteiger partial charge is 0.200 e. The molecule has 0 spiro atoms. The molecule has 0 saturated heterocycles. The van der Waals surface area contributed by atoms with E-state index >= 15 is 0 Å². The molecule has 1 aromatic heterocycles. The topological polar surface area (TPSA) is 66.8 Å². The molecule has 3 aromatic carbocycles. The molecule has 4 rings (SSSR count). The van der Waals surface area contributed by atoms with Crippen LogP contribution in [0.15, 0.2) is 71.7 Å². The number of methoxy groups -OCH3 is 3. The molecule has 0 fully saturated rings. The summed E-state index contributed by atoms with van der Waals surface area (Å²) in [4.78, 5) is 26.8. The first-order valence-corrected chi connectivity index (χ1v) is 10.5. The number of para-hydroxylation sites is 1. The minimum atomic E-state index is -0.354. The molecule has 4 aromatic rings. The van der Waals surface area contributed by atoms with Gasteiger partial charge in [-0.05, 0) is 19.1 Å². The van der Waals surface area contributed by atoms with E-state index in [2.05, 4.69) is 0 Å². The van der Waals surface area contributed by atoms with E-state index < -0.39 is 0 Å². The number of ketones is 1. The van der Waals surface area contributed by atoms with Crippen LogP contribution in [-0.4, -0.2) is 31.7 Å². The molecule has 0 amide bonds. The maximum atomic E-state index is 13.5. The average molecular weight is 443 g/mol. The minimum Gasteiger partial charge on any atom is -0.496 e. The zero-order chi connectivity index (χ0) is 23.5. The van der Waals surface area contributed by atoms with Crippen LogP contribution in [0.2, 0.25) is 0 Å². The summed E-state index contributed by atoms with van der Waals surface area (Å²) in [6, 6.07) is 18.2. The summed E-state index contributed by atoms with van der Waals surface area (Å²) < 4.78 is 18.3. The van der Waals surface area contributed by atoms with Crippen LogP contribution in [0.5, 0.6) is 17.2 Å². The van der Waals surface area contributed by atoms with E-state index in [0.717, 1.165) is 16.9 Å². The van der Waals surface area contributed by atoms with E-state index in [0.29, 0.717) is 34.5 Å². The Bertz CT molecular complexity index is 1390.